The molecule has 1 fully saturated rings. The van der Waals surface area contributed by atoms with Gasteiger partial charge < -0.3 is 9.47 Å². The zero-order valence-corrected chi connectivity index (χ0v) is 9.17. The molecule has 0 aromatic heterocycles. The quantitative estimate of drug-likeness (QED) is 0.680. The Labute approximate surface area is 85.8 Å². The number of ether oxygens (including phenoxy) is 2. The average Bonchev–Trinajstić information content (AvgIpc) is 2.26. The summed E-state index contributed by atoms with van der Waals surface area (Å²) in [5, 5.41) is 0. The van der Waals surface area contributed by atoms with Crippen LogP contribution in [0.1, 0.15) is 39.0 Å². The first-order valence-corrected chi connectivity index (χ1v) is 5.41. The van der Waals surface area contributed by atoms with E-state index in [4.69, 9.17) is 9.47 Å². The second-order valence-electron chi connectivity index (χ2n) is 3.82. The van der Waals surface area contributed by atoms with E-state index in [-0.39, 0.29) is 12.4 Å². The SMILES string of the molecule is CCOCC(=O)C1(OC)CCCCC1. The molecule has 0 atom stereocenters. The number of Topliss-reactive ketones (excluding diaryl/α,β-unsaturated/α-hetero) is 1. The Hall–Kier alpha value is -0.410. The summed E-state index contributed by atoms with van der Waals surface area (Å²) in [6.45, 7) is 2.68. The van der Waals surface area contributed by atoms with E-state index in [1.54, 1.807) is 7.11 Å². The fourth-order valence-electron chi connectivity index (χ4n) is 2.05. The van der Waals surface area contributed by atoms with Gasteiger partial charge in [-0.15, -0.1) is 0 Å². The largest absolute Gasteiger partial charge is 0.374 e. The molecule has 0 unspecified atom stereocenters. The van der Waals surface area contributed by atoms with Gasteiger partial charge in [-0.3, -0.25) is 4.79 Å². The minimum atomic E-state index is -0.534. The summed E-state index contributed by atoms with van der Waals surface area (Å²) in [5.74, 6) is 0.113. The van der Waals surface area contributed by atoms with E-state index in [0.717, 1.165) is 25.7 Å². The summed E-state index contributed by atoms with van der Waals surface area (Å²) in [6.07, 6.45) is 5.11. The lowest BCUT2D eigenvalue weighted by Crippen LogP contribution is -2.44. The molecule has 0 spiro atoms. The molecule has 1 saturated carbocycles. The van der Waals surface area contributed by atoms with Crippen molar-refractivity contribution in [3.8, 4) is 0 Å². The van der Waals surface area contributed by atoms with Gasteiger partial charge in [0.25, 0.3) is 0 Å². The highest BCUT2D eigenvalue weighted by atomic mass is 16.5. The van der Waals surface area contributed by atoms with Crippen LogP contribution in [0, 0.1) is 0 Å². The van der Waals surface area contributed by atoms with Gasteiger partial charge in [-0.2, -0.15) is 0 Å². The molecule has 0 aromatic rings. The first kappa shape index (κ1) is 11.7. The number of carbonyl (C=O) groups is 1. The van der Waals surface area contributed by atoms with Gasteiger partial charge in [0.05, 0.1) is 0 Å². The summed E-state index contributed by atoms with van der Waals surface area (Å²) >= 11 is 0. The van der Waals surface area contributed by atoms with E-state index in [1.165, 1.54) is 6.42 Å². The maximum atomic E-state index is 11.9. The van der Waals surface area contributed by atoms with E-state index in [0.29, 0.717) is 6.61 Å². The van der Waals surface area contributed by atoms with Gasteiger partial charge in [-0.05, 0) is 19.8 Å². The molecule has 82 valence electrons. The van der Waals surface area contributed by atoms with Gasteiger partial charge >= 0.3 is 0 Å². The van der Waals surface area contributed by atoms with Crippen molar-refractivity contribution in [2.75, 3.05) is 20.3 Å². The molecule has 14 heavy (non-hydrogen) atoms. The predicted octanol–water partition coefficient (Wildman–Crippen LogP) is 1.94. The van der Waals surface area contributed by atoms with Crippen molar-refractivity contribution >= 4 is 5.78 Å². The molecule has 0 bridgehead atoms. The summed E-state index contributed by atoms with van der Waals surface area (Å²) in [4.78, 5) is 11.9. The third-order valence-corrected chi connectivity index (χ3v) is 3.00. The second kappa shape index (κ2) is 5.47. The van der Waals surface area contributed by atoms with Crippen LogP contribution < -0.4 is 0 Å². The smallest absolute Gasteiger partial charge is 0.190 e. The molecule has 1 aliphatic rings. The molecule has 3 heteroatoms. The standard InChI is InChI=1S/C11H20O3/c1-3-14-9-10(12)11(13-2)7-5-4-6-8-11/h3-9H2,1-2H3. The van der Waals surface area contributed by atoms with Crippen molar-refractivity contribution in [3.05, 3.63) is 0 Å². The second-order valence-corrected chi connectivity index (χ2v) is 3.82. The summed E-state index contributed by atoms with van der Waals surface area (Å²) in [6, 6.07) is 0. The van der Waals surface area contributed by atoms with Crippen LogP contribution in [0.15, 0.2) is 0 Å². The summed E-state index contributed by atoms with van der Waals surface area (Å²) < 4.78 is 10.6. The Morgan fingerprint density at radius 2 is 1.93 bits per heavy atom. The molecule has 1 rings (SSSR count). The Morgan fingerprint density at radius 1 is 1.29 bits per heavy atom. The van der Waals surface area contributed by atoms with Gasteiger partial charge in [0.2, 0.25) is 0 Å². The Bertz CT molecular complexity index is 183. The molecule has 1 aliphatic carbocycles. The number of hydrogen-bond donors (Lipinski definition) is 0. The molecule has 0 saturated heterocycles. The van der Waals surface area contributed by atoms with Crippen LogP contribution in [-0.2, 0) is 14.3 Å². The summed E-state index contributed by atoms with van der Waals surface area (Å²) in [7, 11) is 1.63. The number of carbonyl (C=O) groups excluding carboxylic acids is 1. The molecule has 0 aliphatic heterocycles. The van der Waals surface area contributed by atoms with Crippen LogP contribution in [0.25, 0.3) is 0 Å². The van der Waals surface area contributed by atoms with Crippen LogP contribution in [0.5, 0.6) is 0 Å². The molecule has 3 nitrogen and oxygen atoms in total. The lowest BCUT2D eigenvalue weighted by atomic mass is 9.81. The third-order valence-electron chi connectivity index (χ3n) is 3.00. The summed E-state index contributed by atoms with van der Waals surface area (Å²) in [5.41, 5.74) is -0.534. The van der Waals surface area contributed by atoms with Crippen molar-refractivity contribution in [2.45, 2.75) is 44.6 Å². The molecule has 0 aromatic carbocycles. The van der Waals surface area contributed by atoms with E-state index < -0.39 is 5.60 Å². The normalized spacial score (nSPS) is 20.7. The lowest BCUT2D eigenvalue weighted by molar-refractivity contribution is -0.149. The molecule has 0 radical (unpaired) electrons. The fraction of sp³-hybridized carbons (Fsp3) is 0.909. The minimum Gasteiger partial charge on any atom is -0.374 e. The highest BCUT2D eigenvalue weighted by Crippen LogP contribution is 2.31. The zero-order chi connectivity index (χ0) is 10.4. The van der Waals surface area contributed by atoms with E-state index in [9.17, 15) is 4.79 Å². The molecule has 0 amide bonds. The number of methoxy groups -OCH3 is 1. The number of ketones is 1. The maximum absolute atomic E-state index is 11.9. The topological polar surface area (TPSA) is 35.5 Å². The monoisotopic (exact) mass is 200 g/mol. The minimum absolute atomic E-state index is 0.113. The number of rotatable bonds is 5. The average molecular weight is 200 g/mol. The van der Waals surface area contributed by atoms with Crippen LogP contribution in [-0.4, -0.2) is 31.7 Å². The van der Waals surface area contributed by atoms with Gasteiger partial charge in [0, 0.05) is 13.7 Å². The lowest BCUT2D eigenvalue weighted by Gasteiger charge is -2.34. The first-order chi connectivity index (χ1) is 6.75. The first-order valence-electron chi connectivity index (χ1n) is 5.41. The van der Waals surface area contributed by atoms with Crippen molar-refractivity contribution in [2.24, 2.45) is 0 Å². The van der Waals surface area contributed by atoms with Crippen molar-refractivity contribution in [3.63, 3.8) is 0 Å². The maximum Gasteiger partial charge on any atom is 0.190 e. The molecular formula is C11H20O3. The van der Waals surface area contributed by atoms with Crippen LogP contribution >= 0.6 is 0 Å². The zero-order valence-electron chi connectivity index (χ0n) is 9.17. The van der Waals surface area contributed by atoms with Crippen molar-refractivity contribution in [1.82, 2.24) is 0 Å². The van der Waals surface area contributed by atoms with Gasteiger partial charge in [-0.25, -0.2) is 0 Å². The highest BCUT2D eigenvalue weighted by Gasteiger charge is 2.38. The van der Waals surface area contributed by atoms with Gasteiger partial charge in [-0.1, -0.05) is 19.3 Å². The van der Waals surface area contributed by atoms with Gasteiger partial charge in [0.1, 0.15) is 12.2 Å². The Balaban J connectivity index is 2.53. The van der Waals surface area contributed by atoms with Crippen LogP contribution in [0.3, 0.4) is 0 Å². The highest BCUT2D eigenvalue weighted by molar-refractivity contribution is 5.88. The molecule has 0 heterocycles. The third kappa shape index (κ3) is 2.55. The Kier molecular flexibility index (Phi) is 4.55. The van der Waals surface area contributed by atoms with E-state index >= 15 is 0 Å². The predicted molar refractivity (Wildman–Crippen MR) is 54.3 cm³/mol. The number of hydrogen-bond acceptors (Lipinski definition) is 3. The van der Waals surface area contributed by atoms with E-state index in [2.05, 4.69) is 0 Å². The van der Waals surface area contributed by atoms with Crippen LogP contribution in [0.4, 0.5) is 0 Å². The molecular weight excluding hydrogens is 180 g/mol. The Morgan fingerprint density at radius 3 is 2.43 bits per heavy atom. The van der Waals surface area contributed by atoms with Crippen LogP contribution in [0.2, 0.25) is 0 Å². The molecule has 0 N–H and O–H groups in total. The van der Waals surface area contributed by atoms with Crippen molar-refractivity contribution < 1.29 is 14.3 Å². The van der Waals surface area contributed by atoms with E-state index in [1.807, 2.05) is 6.92 Å². The van der Waals surface area contributed by atoms with Gasteiger partial charge in [0.15, 0.2) is 5.78 Å². The fourth-order valence-corrected chi connectivity index (χ4v) is 2.05. The van der Waals surface area contributed by atoms with Crippen molar-refractivity contribution in [1.29, 1.82) is 0 Å².